The van der Waals surface area contributed by atoms with E-state index in [1.54, 1.807) is 6.20 Å². The van der Waals surface area contributed by atoms with E-state index in [4.69, 9.17) is 0 Å². The first-order chi connectivity index (χ1) is 7.72. The second-order valence-electron chi connectivity index (χ2n) is 4.01. The van der Waals surface area contributed by atoms with Crippen molar-refractivity contribution < 1.29 is 0 Å². The Morgan fingerprint density at radius 2 is 2.19 bits per heavy atom. The van der Waals surface area contributed by atoms with Gasteiger partial charge in [-0.2, -0.15) is 17.7 Å². The van der Waals surface area contributed by atoms with Gasteiger partial charge in [0.05, 0.1) is 11.6 Å². The zero-order valence-electron chi connectivity index (χ0n) is 9.13. The van der Waals surface area contributed by atoms with Crippen LogP contribution < -0.4 is 5.56 Å². The molecule has 0 saturated heterocycles. The maximum absolute atomic E-state index is 12.1. The molecule has 1 aromatic heterocycles. The molecule has 3 nitrogen and oxygen atoms in total. The zero-order valence-corrected chi connectivity index (χ0v) is 10.0. The first kappa shape index (κ1) is 11.2. The number of benzene rings is 1. The average Bonchev–Trinajstić information content (AvgIpc) is 2.33. The molecule has 0 amide bonds. The van der Waals surface area contributed by atoms with Gasteiger partial charge in [0.15, 0.2) is 0 Å². The fourth-order valence-electron chi connectivity index (χ4n) is 1.61. The molecule has 0 aliphatic rings. The number of rotatable bonds is 3. The Hall–Kier alpha value is -1.29. The van der Waals surface area contributed by atoms with Crippen LogP contribution in [0.3, 0.4) is 0 Å². The second-order valence-corrected chi connectivity index (χ2v) is 4.37. The summed E-state index contributed by atoms with van der Waals surface area (Å²) in [6, 6.07) is 7.51. The molecule has 0 spiro atoms. The van der Waals surface area contributed by atoms with E-state index in [2.05, 4.69) is 24.7 Å². The fourth-order valence-corrected chi connectivity index (χ4v) is 1.73. The van der Waals surface area contributed by atoms with Crippen LogP contribution in [0.5, 0.6) is 0 Å². The first-order valence-corrected chi connectivity index (χ1v) is 5.91. The van der Waals surface area contributed by atoms with Crippen LogP contribution in [0.15, 0.2) is 35.3 Å². The smallest absolute Gasteiger partial charge is 0.267 e. The number of fused-ring (bicyclic) bond motifs is 1. The molecule has 2 rings (SSSR count). The number of aromatic nitrogens is 2. The predicted molar refractivity (Wildman–Crippen MR) is 69.0 cm³/mol. The van der Waals surface area contributed by atoms with Gasteiger partial charge in [0, 0.05) is 11.9 Å². The molecule has 1 unspecified atom stereocenters. The highest BCUT2D eigenvalue weighted by Crippen LogP contribution is 2.07. The summed E-state index contributed by atoms with van der Waals surface area (Å²) in [5.74, 6) is 1.09. The first-order valence-electron chi connectivity index (χ1n) is 5.28. The molecule has 4 heteroatoms. The molecule has 0 aliphatic carbocycles. The van der Waals surface area contributed by atoms with Crippen molar-refractivity contribution >= 4 is 23.4 Å². The highest BCUT2D eigenvalue weighted by Gasteiger charge is 2.06. The van der Waals surface area contributed by atoms with Crippen LogP contribution in [0.4, 0.5) is 0 Å². The molecule has 2 aromatic rings. The zero-order chi connectivity index (χ0) is 11.5. The van der Waals surface area contributed by atoms with E-state index in [9.17, 15) is 4.79 Å². The minimum absolute atomic E-state index is 0.0215. The van der Waals surface area contributed by atoms with Gasteiger partial charge in [0.1, 0.15) is 0 Å². The molecular weight excluding hydrogens is 220 g/mol. The summed E-state index contributed by atoms with van der Waals surface area (Å²) in [6.07, 6.45) is 1.74. The Labute approximate surface area is 99.5 Å². The molecule has 0 saturated carbocycles. The van der Waals surface area contributed by atoms with Crippen molar-refractivity contribution in [3.63, 3.8) is 0 Å². The Kier molecular flexibility index (Phi) is 3.29. The third-order valence-electron chi connectivity index (χ3n) is 2.56. The van der Waals surface area contributed by atoms with Gasteiger partial charge in [-0.25, -0.2) is 4.68 Å². The lowest BCUT2D eigenvalue weighted by molar-refractivity contribution is 0.473. The van der Waals surface area contributed by atoms with Gasteiger partial charge < -0.3 is 0 Å². The highest BCUT2D eigenvalue weighted by atomic mass is 32.1. The lowest BCUT2D eigenvalue weighted by atomic mass is 10.2. The molecule has 0 fully saturated rings. The Morgan fingerprint density at radius 3 is 2.94 bits per heavy atom. The Bertz CT molecular complexity index is 550. The van der Waals surface area contributed by atoms with Crippen molar-refractivity contribution in [2.75, 3.05) is 5.75 Å². The third-order valence-corrected chi connectivity index (χ3v) is 3.18. The van der Waals surface area contributed by atoms with E-state index in [0.717, 1.165) is 16.5 Å². The van der Waals surface area contributed by atoms with Crippen molar-refractivity contribution in [3.8, 4) is 0 Å². The van der Waals surface area contributed by atoms with Crippen LogP contribution >= 0.6 is 12.6 Å². The number of thiol groups is 1. The largest absolute Gasteiger partial charge is 0.274 e. The highest BCUT2D eigenvalue weighted by molar-refractivity contribution is 7.80. The molecule has 0 aliphatic heterocycles. The van der Waals surface area contributed by atoms with Crippen molar-refractivity contribution in [1.82, 2.24) is 9.78 Å². The van der Waals surface area contributed by atoms with Gasteiger partial charge in [-0.3, -0.25) is 4.79 Å². The van der Waals surface area contributed by atoms with Crippen molar-refractivity contribution in [2.45, 2.75) is 13.5 Å². The van der Waals surface area contributed by atoms with E-state index in [1.807, 2.05) is 24.3 Å². The third kappa shape index (κ3) is 2.11. The average molecular weight is 234 g/mol. The summed E-state index contributed by atoms with van der Waals surface area (Å²) in [5.41, 5.74) is -0.0215. The number of hydrogen-bond donors (Lipinski definition) is 1. The summed E-state index contributed by atoms with van der Waals surface area (Å²) in [5, 5.41) is 5.78. The van der Waals surface area contributed by atoms with Crippen LogP contribution in [0.1, 0.15) is 6.92 Å². The van der Waals surface area contributed by atoms with Gasteiger partial charge in [-0.1, -0.05) is 25.1 Å². The summed E-state index contributed by atoms with van der Waals surface area (Å²) in [6.45, 7) is 2.67. The van der Waals surface area contributed by atoms with Crippen LogP contribution in [0.25, 0.3) is 10.8 Å². The van der Waals surface area contributed by atoms with Crippen molar-refractivity contribution in [1.29, 1.82) is 0 Å². The monoisotopic (exact) mass is 234 g/mol. The maximum atomic E-state index is 12.1. The summed E-state index contributed by atoms with van der Waals surface area (Å²) < 4.78 is 1.52. The quantitative estimate of drug-likeness (QED) is 0.824. The molecular formula is C12H14N2OS. The molecule has 0 radical (unpaired) electrons. The molecule has 0 bridgehead atoms. The van der Waals surface area contributed by atoms with E-state index >= 15 is 0 Å². The number of nitrogens with zero attached hydrogens (tertiary/aromatic N) is 2. The number of hydrogen-bond acceptors (Lipinski definition) is 3. The SMILES string of the molecule is CC(CS)Cn1ncc2ccccc2c1=O. The van der Waals surface area contributed by atoms with Gasteiger partial charge in [0.25, 0.3) is 5.56 Å². The lowest BCUT2D eigenvalue weighted by Crippen LogP contribution is -2.26. The normalized spacial score (nSPS) is 12.9. The summed E-state index contributed by atoms with van der Waals surface area (Å²) in [4.78, 5) is 12.1. The molecule has 0 N–H and O–H groups in total. The Balaban J connectivity index is 2.49. The van der Waals surface area contributed by atoms with Crippen LogP contribution in [0.2, 0.25) is 0 Å². The Morgan fingerprint density at radius 1 is 1.44 bits per heavy atom. The van der Waals surface area contributed by atoms with E-state index in [0.29, 0.717) is 12.5 Å². The molecule has 1 aromatic carbocycles. The predicted octanol–water partition coefficient (Wildman–Crippen LogP) is 1.96. The molecule has 1 heterocycles. The maximum Gasteiger partial charge on any atom is 0.274 e. The van der Waals surface area contributed by atoms with Gasteiger partial charge in [-0.05, 0) is 17.7 Å². The lowest BCUT2D eigenvalue weighted by Gasteiger charge is -2.09. The second kappa shape index (κ2) is 4.70. The standard InChI is InChI=1S/C12H14N2OS/c1-9(8-16)7-14-12(15)11-5-3-2-4-10(11)6-13-14/h2-6,9,16H,7-8H2,1H3. The van der Waals surface area contributed by atoms with Gasteiger partial charge in [-0.15, -0.1) is 0 Å². The van der Waals surface area contributed by atoms with Crippen LogP contribution in [-0.2, 0) is 6.54 Å². The summed E-state index contributed by atoms with van der Waals surface area (Å²) >= 11 is 4.21. The fraction of sp³-hybridized carbons (Fsp3) is 0.333. The van der Waals surface area contributed by atoms with E-state index in [1.165, 1.54) is 4.68 Å². The molecule has 16 heavy (non-hydrogen) atoms. The molecule has 1 atom stereocenters. The minimum Gasteiger partial charge on any atom is -0.267 e. The summed E-state index contributed by atoms with van der Waals surface area (Å²) in [7, 11) is 0. The van der Waals surface area contributed by atoms with Crippen LogP contribution in [-0.4, -0.2) is 15.5 Å². The molecule has 84 valence electrons. The van der Waals surface area contributed by atoms with Gasteiger partial charge in [0.2, 0.25) is 0 Å². The van der Waals surface area contributed by atoms with E-state index < -0.39 is 0 Å². The minimum atomic E-state index is -0.0215. The van der Waals surface area contributed by atoms with E-state index in [-0.39, 0.29) is 5.56 Å². The topological polar surface area (TPSA) is 34.9 Å². The van der Waals surface area contributed by atoms with Crippen molar-refractivity contribution in [3.05, 3.63) is 40.8 Å². The van der Waals surface area contributed by atoms with Crippen molar-refractivity contribution in [2.24, 2.45) is 5.92 Å². The van der Waals surface area contributed by atoms with Gasteiger partial charge >= 0.3 is 0 Å². The van der Waals surface area contributed by atoms with Crippen LogP contribution in [0, 0.1) is 5.92 Å².